The number of hydrogen-bond donors (Lipinski definition) is 1. The fourth-order valence-electron chi connectivity index (χ4n) is 1.91. The van der Waals surface area contributed by atoms with Crippen molar-refractivity contribution in [3.05, 3.63) is 36.0 Å². The second-order valence-corrected chi connectivity index (χ2v) is 4.64. The summed E-state index contributed by atoms with van der Waals surface area (Å²) in [5, 5.41) is 6.41. The van der Waals surface area contributed by atoms with Gasteiger partial charge in [-0.25, -0.2) is 4.79 Å². The van der Waals surface area contributed by atoms with Crippen LogP contribution >= 0.6 is 0 Å². The van der Waals surface area contributed by atoms with Crippen molar-refractivity contribution in [1.29, 1.82) is 0 Å². The molecule has 7 heteroatoms. The molecule has 122 valence electrons. The Labute approximate surface area is 133 Å². The number of carbonyl (C=O) groups is 2. The quantitative estimate of drug-likeness (QED) is 0.642. The van der Waals surface area contributed by atoms with Gasteiger partial charge in [-0.1, -0.05) is 17.3 Å². The predicted octanol–water partition coefficient (Wildman–Crippen LogP) is 1.57. The standard InChI is InChI=1S/C16H18N2O5/c1-3-22-16(20)15(19)17-8-7-12-10-14(23-18-12)11-5-4-6-13(9-11)21-2/h4-6,9-10H,3,7-8H2,1-2H3,(H,17,19). The van der Waals surface area contributed by atoms with E-state index in [1.54, 1.807) is 20.1 Å². The van der Waals surface area contributed by atoms with Gasteiger partial charge in [0.25, 0.3) is 0 Å². The van der Waals surface area contributed by atoms with E-state index in [-0.39, 0.29) is 13.2 Å². The van der Waals surface area contributed by atoms with Crippen molar-refractivity contribution >= 4 is 11.9 Å². The van der Waals surface area contributed by atoms with E-state index in [1.165, 1.54) is 0 Å². The molecule has 2 aromatic rings. The van der Waals surface area contributed by atoms with E-state index in [0.29, 0.717) is 17.9 Å². The number of nitrogens with zero attached hydrogens (tertiary/aromatic N) is 1. The zero-order chi connectivity index (χ0) is 16.7. The second kappa shape index (κ2) is 7.98. The van der Waals surface area contributed by atoms with Gasteiger partial charge in [0.05, 0.1) is 19.4 Å². The number of methoxy groups -OCH3 is 1. The van der Waals surface area contributed by atoms with Crippen LogP contribution in [0.4, 0.5) is 0 Å². The van der Waals surface area contributed by atoms with E-state index in [0.717, 1.165) is 11.3 Å². The molecule has 0 saturated carbocycles. The predicted molar refractivity (Wildman–Crippen MR) is 81.8 cm³/mol. The van der Waals surface area contributed by atoms with Crippen LogP contribution in [0.5, 0.6) is 5.75 Å². The number of aromatic nitrogens is 1. The molecule has 2 rings (SSSR count). The third-order valence-electron chi connectivity index (χ3n) is 3.04. The summed E-state index contributed by atoms with van der Waals surface area (Å²) in [6.45, 7) is 2.07. The average Bonchev–Trinajstić information content (AvgIpc) is 3.04. The fourth-order valence-corrected chi connectivity index (χ4v) is 1.91. The van der Waals surface area contributed by atoms with E-state index in [1.807, 2.05) is 24.3 Å². The summed E-state index contributed by atoms with van der Waals surface area (Å²) in [7, 11) is 1.59. The van der Waals surface area contributed by atoms with Gasteiger partial charge in [-0.2, -0.15) is 0 Å². The first-order chi connectivity index (χ1) is 11.1. The molecule has 0 aliphatic heterocycles. The van der Waals surface area contributed by atoms with Crippen LogP contribution in [0.2, 0.25) is 0 Å². The zero-order valence-electron chi connectivity index (χ0n) is 13.0. The summed E-state index contributed by atoms with van der Waals surface area (Å²) in [5.41, 5.74) is 1.52. The van der Waals surface area contributed by atoms with Crippen molar-refractivity contribution in [3.63, 3.8) is 0 Å². The molecule has 0 unspecified atom stereocenters. The van der Waals surface area contributed by atoms with Crippen LogP contribution in [0.1, 0.15) is 12.6 Å². The molecule has 0 spiro atoms. The second-order valence-electron chi connectivity index (χ2n) is 4.64. The molecule has 1 aromatic carbocycles. The lowest BCUT2D eigenvalue weighted by Gasteiger charge is -2.02. The number of hydrogen-bond acceptors (Lipinski definition) is 6. The fraction of sp³-hybridized carbons (Fsp3) is 0.312. The van der Waals surface area contributed by atoms with E-state index in [2.05, 4.69) is 15.2 Å². The summed E-state index contributed by atoms with van der Waals surface area (Å²) >= 11 is 0. The molecule has 1 aromatic heterocycles. The van der Waals surface area contributed by atoms with Gasteiger partial charge < -0.3 is 19.3 Å². The number of rotatable bonds is 6. The first-order valence-corrected chi connectivity index (χ1v) is 7.19. The Bertz CT molecular complexity index is 681. The molecule has 0 aliphatic rings. The summed E-state index contributed by atoms with van der Waals surface area (Å²) in [4.78, 5) is 22.5. The highest BCUT2D eigenvalue weighted by Crippen LogP contribution is 2.24. The van der Waals surface area contributed by atoms with Crippen molar-refractivity contribution in [2.24, 2.45) is 0 Å². The first kappa shape index (κ1) is 16.5. The topological polar surface area (TPSA) is 90.7 Å². The monoisotopic (exact) mass is 318 g/mol. The minimum absolute atomic E-state index is 0.166. The number of ether oxygens (including phenoxy) is 2. The summed E-state index contributed by atoms with van der Waals surface area (Å²) in [6, 6.07) is 9.20. The van der Waals surface area contributed by atoms with Gasteiger partial charge in [-0.05, 0) is 19.1 Å². The van der Waals surface area contributed by atoms with Crippen molar-refractivity contribution in [2.45, 2.75) is 13.3 Å². The number of nitrogens with one attached hydrogen (secondary N) is 1. The molecule has 0 atom stereocenters. The van der Waals surface area contributed by atoms with Crippen molar-refractivity contribution < 1.29 is 23.6 Å². The Kier molecular flexibility index (Phi) is 5.74. The Morgan fingerprint density at radius 2 is 2.13 bits per heavy atom. The van der Waals surface area contributed by atoms with Crippen LogP contribution in [0.3, 0.4) is 0 Å². The third kappa shape index (κ3) is 4.57. The highest BCUT2D eigenvalue weighted by molar-refractivity contribution is 6.32. The maximum atomic E-state index is 11.4. The number of benzene rings is 1. The SMILES string of the molecule is CCOC(=O)C(=O)NCCc1cc(-c2cccc(OC)c2)on1. The minimum Gasteiger partial charge on any atom is -0.497 e. The molecule has 7 nitrogen and oxygen atoms in total. The van der Waals surface area contributed by atoms with Gasteiger partial charge in [0.1, 0.15) is 5.75 Å². The summed E-state index contributed by atoms with van der Waals surface area (Å²) < 4.78 is 15.0. The van der Waals surface area contributed by atoms with Gasteiger partial charge in [0.2, 0.25) is 0 Å². The van der Waals surface area contributed by atoms with Gasteiger partial charge in [-0.3, -0.25) is 4.79 Å². The van der Waals surface area contributed by atoms with Crippen molar-refractivity contribution in [3.8, 4) is 17.1 Å². The molecule has 0 bridgehead atoms. The molecule has 0 saturated heterocycles. The Morgan fingerprint density at radius 3 is 2.87 bits per heavy atom. The average molecular weight is 318 g/mol. The number of amides is 1. The highest BCUT2D eigenvalue weighted by atomic mass is 16.5. The lowest BCUT2D eigenvalue weighted by molar-refractivity contribution is -0.154. The molecular weight excluding hydrogens is 300 g/mol. The Morgan fingerprint density at radius 1 is 1.30 bits per heavy atom. The lowest BCUT2D eigenvalue weighted by atomic mass is 10.1. The maximum absolute atomic E-state index is 11.4. The zero-order valence-corrected chi connectivity index (χ0v) is 13.0. The summed E-state index contributed by atoms with van der Waals surface area (Å²) in [5.74, 6) is -0.314. The smallest absolute Gasteiger partial charge is 0.396 e. The first-order valence-electron chi connectivity index (χ1n) is 7.19. The van der Waals surface area contributed by atoms with Crippen LogP contribution in [-0.4, -0.2) is 37.3 Å². The molecule has 0 fully saturated rings. The van der Waals surface area contributed by atoms with Gasteiger partial charge in [0.15, 0.2) is 5.76 Å². The van der Waals surface area contributed by atoms with Crippen LogP contribution in [0.25, 0.3) is 11.3 Å². The molecule has 0 radical (unpaired) electrons. The van der Waals surface area contributed by atoms with E-state index < -0.39 is 11.9 Å². The van der Waals surface area contributed by atoms with Crippen molar-refractivity contribution in [1.82, 2.24) is 10.5 Å². The third-order valence-corrected chi connectivity index (χ3v) is 3.04. The van der Waals surface area contributed by atoms with E-state index >= 15 is 0 Å². The van der Waals surface area contributed by atoms with Gasteiger partial charge >= 0.3 is 11.9 Å². The molecule has 1 amide bonds. The maximum Gasteiger partial charge on any atom is 0.396 e. The van der Waals surface area contributed by atoms with Crippen LogP contribution in [0.15, 0.2) is 34.9 Å². The minimum atomic E-state index is -0.885. The molecule has 0 aliphatic carbocycles. The number of esters is 1. The molecule has 1 heterocycles. The largest absolute Gasteiger partial charge is 0.497 e. The summed E-state index contributed by atoms with van der Waals surface area (Å²) in [6.07, 6.45) is 0.443. The van der Waals surface area contributed by atoms with Crippen LogP contribution < -0.4 is 10.1 Å². The van der Waals surface area contributed by atoms with Gasteiger partial charge in [0, 0.05) is 24.6 Å². The lowest BCUT2D eigenvalue weighted by Crippen LogP contribution is -2.33. The van der Waals surface area contributed by atoms with Crippen LogP contribution in [-0.2, 0) is 20.7 Å². The molecule has 23 heavy (non-hydrogen) atoms. The highest BCUT2D eigenvalue weighted by Gasteiger charge is 2.14. The Hall–Kier alpha value is -2.83. The van der Waals surface area contributed by atoms with E-state index in [9.17, 15) is 9.59 Å². The van der Waals surface area contributed by atoms with Gasteiger partial charge in [-0.15, -0.1) is 0 Å². The molecule has 1 N–H and O–H groups in total. The number of carbonyl (C=O) groups excluding carboxylic acids is 2. The Balaban J connectivity index is 1.90. The van der Waals surface area contributed by atoms with Crippen LogP contribution in [0, 0.1) is 0 Å². The normalized spacial score (nSPS) is 10.2. The van der Waals surface area contributed by atoms with Crippen molar-refractivity contribution in [2.75, 3.05) is 20.3 Å². The van der Waals surface area contributed by atoms with E-state index in [4.69, 9.17) is 9.26 Å². The molecular formula is C16H18N2O5.